The molecule has 34 heavy (non-hydrogen) atoms. The SMILES string of the molecule is N#Cc1ccc(N2C(=O)CC(N(CCC3=CCCCC3)S(=O)(=O)c3ccc(Br)cc3)C2=O)cc1. The first kappa shape index (κ1) is 24.3. The summed E-state index contributed by atoms with van der Waals surface area (Å²) in [6.07, 6.45) is 6.53. The molecule has 1 atom stereocenters. The molecule has 2 aromatic rings. The van der Waals surface area contributed by atoms with Crippen LogP contribution >= 0.6 is 15.9 Å². The van der Waals surface area contributed by atoms with Crippen molar-refractivity contribution in [2.45, 2.75) is 49.5 Å². The molecule has 1 aliphatic heterocycles. The topological polar surface area (TPSA) is 98.5 Å². The van der Waals surface area contributed by atoms with Gasteiger partial charge in [-0.2, -0.15) is 9.57 Å². The summed E-state index contributed by atoms with van der Waals surface area (Å²) in [5.41, 5.74) is 1.91. The van der Waals surface area contributed by atoms with Crippen LogP contribution in [0.4, 0.5) is 5.69 Å². The van der Waals surface area contributed by atoms with Crippen molar-refractivity contribution in [3.63, 3.8) is 0 Å². The maximum atomic E-state index is 13.7. The highest BCUT2D eigenvalue weighted by atomic mass is 79.9. The van der Waals surface area contributed by atoms with Crippen LogP contribution in [-0.2, 0) is 19.6 Å². The van der Waals surface area contributed by atoms with Crippen LogP contribution < -0.4 is 4.90 Å². The summed E-state index contributed by atoms with van der Waals surface area (Å²) in [6.45, 7) is 0.120. The number of nitriles is 1. The van der Waals surface area contributed by atoms with Crippen molar-refractivity contribution in [1.29, 1.82) is 5.26 Å². The van der Waals surface area contributed by atoms with Gasteiger partial charge in [0.2, 0.25) is 15.9 Å². The molecule has 0 N–H and O–H groups in total. The van der Waals surface area contributed by atoms with Gasteiger partial charge in [0, 0.05) is 11.0 Å². The molecule has 7 nitrogen and oxygen atoms in total. The number of hydrogen-bond acceptors (Lipinski definition) is 5. The van der Waals surface area contributed by atoms with Gasteiger partial charge in [0.15, 0.2) is 0 Å². The predicted octanol–water partition coefficient (Wildman–Crippen LogP) is 4.53. The smallest absolute Gasteiger partial charge is 0.252 e. The van der Waals surface area contributed by atoms with Crippen LogP contribution in [0.1, 0.15) is 44.1 Å². The minimum Gasteiger partial charge on any atom is -0.274 e. The molecule has 2 amide bonds. The third-order valence-electron chi connectivity index (χ3n) is 6.18. The molecule has 9 heteroatoms. The highest BCUT2D eigenvalue weighted by Crippen LogP contribution is 2.31. The Kier molecular flexibility index (Phi) is 7.31. The Morgan fingerprint density at radius 2 is 1.76 bits per heavy atom. The Labute approximate surface area is 207 Å². The first-order chi connectivity index (χ1) is 16.3. The highest BCUT2D eigenvalue weighted by Gasteiger charge is 2.46. The number of nitrogens with zero attached hydrogens (tertiary/aromatic N) is 3. The number of imide groups is 1. The number of allylic oxidation sites excluding steroid dienone is 1. The highest BCUT2D eigenvalue weighted by molar-refractivity contribution is 9.10. The lowest BCUT2D eigenvalue weighted by atomic mass is 9.97. The summed E-state index contributed by atoms with van der Waals surface area (Å²) in [4.78, 5) is 27.4. The van der Waals surface area contributed by atoms with Crippen LogP contribution in [0.3, 0.4) is 0 Å². The van der Waals surface area contributed by atoms with Gasteiger partial charge in [0.05, 0.1) is 28.6 Å². The molecule has 2 aromatic carbocycles. The van der Waals surface area contributed by atoms with E-state index in [1.807, 2.05) is 6.07 Å². The largest absolute Gasteiger partial charge is 0.274 e. The summed E-state index contributed by atoms with van der Waals surface area (Å²) >= 11 is 3.32. The van der Waals surface area contributed by atoms with Crippen LogP contribution in [0, 0.1) is 11.3 Å². The van der Waals surface area contributed by atoms with Gasteiger partial charge in [-0.15, -0.1) is 0 Å². The molecule has 0 aromatic heterocycles. The predicted molar refractivity (Wildman–Crippen MR) is 131 cm³/mol. The summed E-state index contributed by atoms with van der Waals surface area (Å²) in [6, 6.07) is 13.2. The average molecular weight is 542 g/mol. The van der Waals surface area contributed by atoms with Crippen molar-refractivity contribution in [2.24, 2.45) is 0 Å². The van der Waals surface area contributed by atoms with Gasteiger partial charge in [0.25, 0.3) is 5.91 Å². The lowest BCUT2D eigenvalue weighted by Gasteiger charge is -2.27. The number of amides is 2. The van der Waals surface area contributed by atoms with E-state index in [0.29, 0.717) is 17.7 Å². The molecule has 1 heterocycles. The zero-order chi connectivity index (χ0) is 24.3. The summed E-state index contributed by atoms with van der Waals surface area (Å²) < 4.78 is 29.2. The van der Waals surface area contributed by atoms with E-state index < -0.39 is 27.9 Å². The molecule has 0 saturated carbocycles. The molecule has 176 valence electrons. The van der Waals surface area contributed by atoms with E-state index in [1.165, 1.54) is 46.3 Å². The van der Waals surface area contributed by atoms with Gasteiger partial charge in [-0.3, -0.25) is 9.59 Å². The lowest BCUT2D eigenvalue weighted by molar-refractivity contribution is -0.122. The number of sulfonamides is 1. The third kappa shape index (κ3) is 4.99. The van der Waals surface area contributed by atoms with E-state index in [1.54, 1.807) is 12.1 Å². The van der Waals surface area contributed by atoms with Gasteiger partial charge < -0.3 is 0 Å². The second-order valence-corrected chi connectivity index (χ2v) is 11.2. The number of carbonyl (C=O) groups excluding carboxylic acids is 2. The monoisotopic (exact) mass is 541 g/mol. The number of benzene rings is 2. The molecule has 4 rings (SSSR count). The maximum absolute atomic E-state index is 13.7. The van der Waals surface area contributed by atoms with Gasteiger partial charge in [-0.05, 0) is 80.6 Å². The fourth-order valence-electron chi connectivity index (χ4n) is 4.37. The van der Waals surface area contributed by atoms with Crippen molar-refractivity contribution in [3.8, 4) is 6.07 Å². The van der Waals surface area contributed by atoms with E-state index in [2.05, 4.69) is 22.0 Å². The second kappa shape index (κ2) is 10.2. The Morgan fingerprint density at radius 1 is 1.06 bits per heavy atom. The average Bonchev–Trinajstić information content (AvgIpc) is 3.13. The fourth-order valence-corrected chi connectivity index (χ4v) is 6.21. The van der Waals surface area contributed by atoms with Crippen molar-refractivity contribution in [2.75, 3.05) is 11.4 Å². The van der Waals surface area contributed by atoms with Crippen molar-refractivity contribution in [1.82, 2.24) is 4.31 Å². The van der Waals surface area contributed by atoms with Gasteiger partial charge >= 0.3 is 0 Å². The molecule has 0 radical (unpaired) electrons. The molecule has 0 spiro atoms. The summed E-state index contributed by atoms with van der Waals surface area (Å²) in [7, 11) is -4.03. The fraction of sp³-hybridized carbons (Fsp3) is 0.320. The van der Waals surface area contributed by atoms with Crippen LogP contribution in [0.2, 0.25) is 0 Å². The van der Waals surface area contributed by atoms with Crippen LogP contribution in [-0.4, -0.2) is 37.1 Å². The standard InChI is InChI=1S/C25H24BrN3O4S/c26-20-8-12-22(13-9-20)34(32,33)28(15-14-18-4-2-1-3-5-18)23-16-24(30)29(25(23)31)21-10-6-19(17-27)7-11-21/h4,6-13,23H,1-3,5,14-16H2. The van der Waals surface area contributed by atoms with Crippen molar-refractivity contribution >= 4 is 43.5 Å². The maximum Gasteiger partial charge on any atom is 0.252 e. The molecule has 1 fully saturated rings. The number of halogens is 1. The second-order valence-electron chi connectivity index (χ2n) is 8.37. The lowest BCUT2D eigenvalue weighted by Crippen LogP contribution is -2.46. The van der Waals surface area contributed by atoms with Crippen LogP contribution in [0.25, 0.3) is 0 Å². The minimum atomic E-state index is -4.03. The van der Waals surface area contributed by atoms with E-state index in [4.69, 9.17) is 5.26 Å². The van der Waals surface area contributed by atoms with Gasteiger partial charge in [-0.25, -0.2) is 13.3 Å². The van der Waals surface area contributed by atoms with E-state index in [0.717, 1.165) is 35.1 Å². The van der Waals surface area contributed by atoms with Crippen molar-refractivity contribution < 1.29 is 18.0 Å². The zero-order valence-corrected chi connectivity index (χ0v) is 20.9. The Balaban J connectivity index is 1.66. The summed E-state index contributed by atoms with van der Waals surface area (Å²) in [5, 5.41) is 9.02. The number of hydrogen-bond donors (Lipinski definition) is 0. The minimum absolute atomic E-state index is 0.0744. The normalized spacial score (nSPS) is 18.8. The molecule has 1 aliphatic carbocycles. The van der Waals surface area contributed by atoms with Gasteiger partial charge in [0.1, 0.15) is 6.04 Å². The Morgan fingerprint density at radius 3 is 2.38 bits per heavy atom. The number of anilines is 1. The number of rotatable bonds is 7. The van der Waals surface area contributed by atoms with E-state index in [9.17, 15) is 18.0 Å². The Bertz CT molecular complexity index is 1260. The first-order valence-corrected chi connectivity index (χ1v) is 13.4. The molecule has 2 aliphatic rings. The third-order valence-corrected chi connectivity index (χ3v) is 8.63. The molecule has 1 saturated heterocycles. The van der Waals surface area contributed by atoms with Crippen molar-refractivity contribution in [3.05, 3.63) is 70.2 Å². The molecular weight excluding hydrogens is 518 g/mol. The molecule has 1 unspecified atom stereocenters. The Hall–Kier alpha value is -2.80. The number of carbonyl (C=O) groups is 2. The van der Waals surface area contributed by atoms with E-state index in [-0.39, 0.29) is 17.9 Å². The first-order valence-electron chi connectivity index (χ1n) is 11.1. The molecule has 0 bridgehead atoms. The summed E-state index contributed by atoms with van der Waals surface area (Å²) in [5.74, 6) is -1.04. The quantitative estimate of drug-likeness (QED) is 0.378. The van der Waals surface area contributed by atoms with Crippen LogP contribution in [0.5, 0.6) is 0 Å². The van der Waals surface area contributed by atoms with Crippen LogP contribution in [0.15, 0.2) is 69.5 Å². The van der Waals surface area contributed by atoms with Gasteiger partial charge in [-0.1, -0.05) is 27.6 Å². The zero-order valence-electron chi connectivity index (χ0n) is 18.5. The molecular formula is C25H24BrN3O4S. The van der Waals surface area contributed by atoms with E-state index >= 15 is 0 Å².